The van der Waals surface area contributed by atoms with E-state index < -0.39 is 5.97 Å². The van der Waals surface area contributed by atoms with E-state index in [-0.39, 0.29) is 17.4 Å². The van der Waals surface area contributed by atoms with Crippen LogP contribution >= 0.6 is 11.8 Å². The van der Waals surface area contributed by atoms with E-state index in [1.54, 1.807) is 12.3 Å². The molecule has 1 aromatic carbocycles. The van der Waals surface area contributed by atoms with E-state index in [4.69, 9.17) is 5.11 Å². The van der Waals surface area contributed by atoms with Gasteiger partial charge in [-0.25, -0.2) is 0 Å². The molecule has 2 aromatic rings. The normalized spacial score (nSPS) is 10.4. The Morgan fingerprint density at radius 2 is 2.22 bits per heavy atom. The van der Waals surface area contributed by atoms with E-state index in [9.17, 15) is 9.59 Å². The fourth-order valence-electron chi connectivity index (χ4n) is 1.49. The summed E-state index contributed by atoms with van der Waals surface area (Å²) in [4.78, 5) is 21.9. The smallest absolute Gasteiger partial charge is 0.313 e. The van der Waals surface area contributed by atoms with Crippen LogP contribution in [0, 0.1) is 0 Å². The summed E-state index contributed by atoms with van der Waals surface area (Å²) < 4.78 is 0. The van der Waals surface area contributed by atoms with Crippen molar-refractivity contribution in [2.75, 3.05) is 16.8 Å². The van der Waals surface area contributed by atoms with Crippen molar-refractivity contribution in [2.24, 2.45) is 0 Å². The predicted octanol–water partition coefficient (Wildman–Crippen LogP) is 1.32. The lowest BCUT2D eigenvalue weighted by atomic mass is 10.2. The third-order valence-electron chi connectivity index (χ3n) is 2.21. The van der Waals surface area contributed by atoms with Gasteiger partial charge < -0.3 is 10.4 Å². The number of rotatable bonds is 5. The molecule has 0 bridgehead atoms. The fraction of sp³-hybridized carbons (Fsp3) is 0.182. The molecule has 1 aromatic heterocycles. The minimum Gasteiger partial charge on any atom is -0.481 e. The third-order valence-corrected chi connectivity index (χ3v) is 3.13. The second kappa shape index (κ2) is 5.54. The van der Waals surface area contributed by atoms with Crippen LogP contribution in [-0.4, -0.2) is 38.7 Å². The van der Waals surface area contributed by atoms with Crippen LogP contribution in [0.25, 0.3) is 10.9 Å². The SMILES string of the molecule is O=C(O)CSCC(=O)Nc1cccc2cn[nH]c12. The average molecular weight is 265 g/mol. The number of aliphatic carboxylic acids is 1. The number of carboxylic acid groups (broad SMARTS) is 1. The molecule has 7 heteroatoms. The maximum Gasteiger partial charge on any atom is 0.313 e. The standard InChI is InChI=1S/C11H11N3O3S/c15-9(5-18-6-10(16)17)13-8-3-1-2-7-4-12-14-11(7)8/h1-4H,5-6H2,(H,12,14)(H,13,15)(H,16,17). The molecule has 0 spiro atoms. The van der Waals surface area contributed by atoms with E-state index in [0.717, 1.165) is 22.7 Å². The summed E-state index contributed by atoms with van der Waals surface area (Å²) in [6.07, 6.45) is 1.67. The molecule has 1 heterocycles. The van der Waals surface area contributed by atoms with Crippen LogP contribution in [0.5, 0.6) is 0 Å². The summed E-state index contributed by atoms with van der Waals surface area (Å²) in [5, 5.41) is 18.8. The van der Waals surface area contributed by atoms with Crippen molar-refractivity contribution in [3.63, 3.8) is 0 Å². The molecule has 0 aliphatic carbocycles. The van der Waals surface area contributed by atoms with E-state index >= 15 is 0 Å². The highest BCUT2D eigenvalue weighted by molar-refractivity contribution is 8.00. The first kappa shape index (κ1) is 12.4. The summed E-state index contributed by atoms with van der Waals surface area (Å²) in [6.45, 7) is 0. The number of carboxylic acids is 1. The lowest BCUT2D eigenvalue weighted by molar-refractivity contribution is -0.133. The van der Waals surface area contributed by atoms with Gasteiger partial charge in [0, 0.05) is 5.39 Å². The quantitative estimate of drug-likeness (QED) is 0.757. The van der Waals surface area contributed by atoms with Crippen molar-refractivity contribution in [1.82, 2.24) is 10.2 Å². The van der Waals surface area contributed by atoms with Crippen molar-refractivity contribution in [3.05, 3.63) is 24.4 Å². The molecule has 6 nitrogen and oxygen atoms in total. The number of benzene rings is 1. The molecule has 0 radical (unpaired) electrons. The molecular formula is C11H11N3O3S. The third kappa shape index (κ3) is 3.01. The number of para-hydroxylation sites is 1. The molecular weight excluding hydrogens is 254 g/mol. The van der Waals surface area contributed by atoms with Crippen LogP contribution in [0.15, 0.2) is 24.4 Å². The van der Waals surface area contributed by atoms with Crippen LogP contribution in [0.2, 0.25) is 0 Å². The number of aromatic amines is 1. The minimum atomic E-state index is -0.927. The molecule has 0 saturated carbocycles. The zero-order valence-corrected chi connectivity index (χ0v) is 10.2. The van der Waals surface area contributed by atoms with Crippen molar-refractivity contribution in [3.8, 4) is 0 Å². The number of nitrogens with zero attached hydrogens (tertiary/aromatic N) is 1. The molecule has 0 fully saturated rings. The van der Waals surface area contributed by atoms with Crippen molar-refractivity contribution >= 4 is 40.2 Å². The van der Waals surface area contributed by atoms with Gasteiger partial charge in [0.15, 0.2) is 0 Å². The van der Waals surface area contributed by atoms with Gasteiger partial charge in [0.2, 0.25) is 5.91 Å². The molecule has 1 amide bonds. The molecule has 0 unspecified atom stereocenters. The molecule has 18 heavy (non-hydrogen) atoms. The van der Waals surface area contributed by atoms with Crippen molar-refractivity contribution < 1.29 is 14.7 Å². The fourth-order valence-corrected chi connectivity index (χ4v) is 2.02. The highest BCUT2D eigenvalue weighted by Crippen LogP contribution is 2.20. The number of thioether (sulfide) groups is 1. The Morgan fingerprint density at radius 3 is 3.00 bits per heavy atom. The van der Waals surface area contributed by atoms with Gasteiger partial charge in [0.1, 0.15) is 0 Å². The molecule has 0 saturated heterocycles. The molecule has 94 valence electrons. The summed E-state index contributed by atoms with van der Waals surface area (Å²) in [7, 11) is 0. The number of carbonyl (C=O) groups is 2. The van der Waals surface area contributed by atoms with Gasteiger partial charge in [0.05, 0.1) is 28.9 Å². The first-order chi connectivity index (χ1) is 8.66. The number of nitrogens with one attached hydrogen (secondary N) is 2. The lowest BCUT2D eigenvalue weighted by Crippen LogP contribution is -2.15. The van der Waals surface area contributed by atoms with Crippen LogP contribution in [-0.2, 0) is 9.59 Å². The number of amides is 1. The molecule has 3 N–H and O–H groups in total. The summed E-state index contributed by atoms with van der Waals surface area (Å²) in [5.41, 5.74) is 1.40. The Balaban J connectivity index is 1.98. The van der Waals surface area contributed by atoms with Gasteiger partial charge >= 0.3 is 5.97 Å². The second-order valence-electron chi connectivity index (χ2n) is 3.57. The van der Waals surface area contributed by atoms with Gasteiger partial charge in [-0.05, 0) is 6.07 Å². The second-order valence-corrected chi connectivity index (χ2v) is 4.56. The van der Waals surface area contributed by atoms with E-state index in [0.29, 0.717) is 5.69 Å². The number of hydrogen-bond acceptors (Lipinski definition) is 4. The topological polar surface area (TPSA) is 95.1 Å². The number of fused-ring (bicyclic) bond motifs is 1. The Kier molecular flexibility index (Phi) is 3.83. The Hall–Kier alpha value is -2.02. The van der Waals surface area contributed by atoms with Gasteiger partial charge in [-0.15, -0.1) is 11.8 Å². The zero-order chi connectivity index (χ0) is 13.0. The highest BCUT2D eigenvalue weighted by Gasteiger charge is 2.08. The maximum absolute atomic E-state index is 11.6. The van der Waals surface area contributed by atoms with Gasteiger partial charge in [-0.1, -0.05) is 12.1 Å². The highest BCUT2D eigenvalue weighted by atomic mass is 32.2. The van der Waals surface area contributed by atoms with Crippen LogP contribution in [0.4, 0.5) is 5.69 Å². The monoisotopic (exact) mass is 265 g/mol. The number of H-pyrrole nitrogens is 1. The van der Waals surface area contributed by atoms with Crippen LogP contribution < -0.4 is 5.32 Å². The largest absolute Gasteiger partial charge is 0.481 e. The number of anilines is 1. The average Bonchev–Trinajstić information content (AvgIpc) is 2.77. The van der Waals surface area contributed by atoms with Gasteiger partial charge in [0.25, 0.3) is 0 Å². The Bertz CT molecular complexity index is 582. The molecule has 0 aliphatic heterocycles. The summed E-state index contributed by atoms with van der Waals surface area (Å²) in [6, 6.07) is 5.46. The molecule has 0 aliphatic rings. The van der Waals surface area contributed by atoms with Crippen LogP contribution in [0.1, 0.15) is 0 Å². The Morgan fingerprint density at radius 1 is 1.39 bits per heavy atom. The van der Waals surface area contributed by atoms with Gasteiger partial charge in [-0.2, -0.15) is 5.10 Å². The van der Waals surface area contributed by atoms with Gasteiger partial charge in [-0.3, -0.25) is 14.7 Å². The Labute approximate surface area is 107 Å². The summed E-state index contributed by atoms with van der Waals surface area (Å²) >= 11 is 1.06. The van der Waals surface area contributed by atoms with E-state index in [1.807, 2.05) is 12.1 Å². The molecule has 0 atom stereocenters. The maximum atomic E-state index is 11.6. The lowest BCUT2D eigenvalue weighted by Gasteiger charge is -2.05. The first-order valence-corrected chi connectivity index (χ1v) is 6.34. The van der Waals surface area contributed by atoms with Crippen molar-refractivity contribution in [1.29, 1.82) is 0 Å². The predicted molar refractivity (Wildman–Crippen MR) is 69.7 cm³/mol. The van der Waals surface area contributed by atoms with Crippen LogP contribution in [0.3, 0.4) is 0 Å². The minimum absolute atomic E-state index is 0.0817. The zero-order valence-electron chi connectivity index (χ0n) is 9.34. The van der Waals surface area contributed by atoms with E-state index in [1.165, 1.54) is 0 Å². The molecule has 2 rings (SSSR count). The number of aromatic nitrogens is 2. The first-order valence-electron chi connectivity index (χ1n) is 5.18. The number of hydrogen-bond donors (Lipinski definition) is 3. The summed E-state index contributed by atoms with van der Waals surface area (Å²) in [5.74, 6) is -1.13. The van der Waals surface area contributed by atoms with Crippen molar-refractivity contribution in [2.45, 2.75) is 0 Å². The van der Waals surface area contributed by atoms with E-state index in [2.05, 4.69) is 15.5 Å². The number of carbonyl (C=O) groups excluding carboxylic acids is 1.